The molecule has 178 valence electrons. The Morgan fingerprint density at radius 2 is 1.58 bits per heavy atom. The average molecular weight is 455 g/mol. The number of hydrazone groups is 1. The summed E-state index contributed by atoms with van der Waals surface area (Å²) in [6, 6.07) is 11.7. The minimum absolute atomic E-state index is 0.100. The Morgan fingerprint density at radius 1 is 0.879 bits per heavy atom. The summed E-state index contributed by atoms with van der Waals surface area (Å²) < 4.78 is 15.9. The van der Waals surface area contributed by atoms with Crippen molar-refractivity contribution < 1.29 is 23.8 Å². The fourth-order valence-electron chi connectivity index (χ4n) is 3.21. The minimum Gasteiger partial charge on any atom is -0.497 e. The quantitative estimate of drug-likeness (QED) is 0.134. The van der Waals surface area contributed by atoms with E-state index < -0.39 is 5.97 Å². The molecule has 0 atom stereocenters. The molecule has 0 aliphatic heterocycles. The lowest BCUT2D eigenvalue weighted by molar-refractivity contribution is -0.121. The summed E-state index contributed by atoms with van der Waals surface area (Å²) in [6.45, 7) is 2.20. The first-order valence-electron chi connectivity index (χ1n) is 11.4. The van der Waals surface area contributed by atoms with E-state index in [2.05, 4.69) is 17.5 Å². The Kier molecular flexibility index (Phi) is 11.5. The number of carbonyl (C=O) groups excluding carboxylic acids is 2. The van der Waals surface area contributed by atoms with Crippen molar-refractivity contribution in [3.8, 4) is 17.2 Å². The van der Waals surface area contributed by atoms with Crippen molar-refractivity contribution in [3.05, 3.63) is 53.6 Å². The standard InChI is InChI=1S/C26H34N2O5/c1-4-5-6-7-8-9-10-11-25(29)28-27-19-20-12-17-23(24(18-20)32-3)33-26(30)21-13-15-22(31-2)16-14-21/h12-19H,4-11H2,1-3H3,(H,28,29). The monoisotopic (exact) mass is 454 g/mol. The lowest BCUT2D eigenvalue weighted by Gasteiger charge is -2.10. The van der Waals surface area contributed by atoms with Crippen LogP contribution in [-0.4, -0.2) is 32.3 Å². The average Bonchev–Trinajstić information content (AvgIpc) is 2.84. The van der Waals surface area contributed by atoms with E-state index in [0.717, 1.165) is 12.8 Å². The molecule has 0 bridgehead atoms. The number of methoxy groups -OCH3 is 2. The summed E-state index contributed by atoms with van der Waals surface area (Å²) >= 11 is 0. The van der Waals surface area contributed by atoms with Crippen molar-refractivity contribution in [1.29, 1.82) is 0 Å². The van der Waals surface area contributed by atoms with Gasteiger partial charge in [-0.2, -0.15) is 5.10 Å². The van der Waals surface area contributed by atoms with E-state index in [1.165, 1.54) is 45.4 Å². The van der Waals surface area contributed by atoms with Crippen LogP contribution in [0.4, 0.5) is 0 Å². The second-order valence-corrected chi connectivity index (χ2v) is 7.69. The molecule has 0 unspecified atom stereocenters. The van der Waals surface area contributed by atoms with Crippen molar-refractivity contribution in [3.63, 3.8) is 0 Å². The maximum absolute atomic E-state index is 12.4. The molecule has 0 aliphatic carbocycles. The van der Waals surface area contributed by atoms with Gasteiger partial charge in [-0.15, -0.1) is 0 Å². The van der Waals surface area contributed by atoms with E-state index in [1.54, 1.807) is 49.6 Å². The second-order valence-electron chi connectivity index (χ2n) is 7.69. The summed E-state index contributed by atoms with van der Waals surface area (Å²) in [5.74, 6) is 0.725. The topological polar surface area (TPSA) is 86.2 Å². The largest absolute Gasteiger partial charge is 0.497 e. The number of carbonyl (C=O) groups is 2. The molecule has 0 fully saturated rings. The van der Waals surface area contributed by atoms with E-state index in [9.17, 15) is 9.59 Å². The lowest BCUT2D eigenvalue weighted by Crippen LogP contribution is -2.16. The van der Waals surface area contributed by atoms with Gasteiger partial charge in [0.2, 0.25) is 5.91 Å². The third kappa shape index (κ3) is 9.35. The Hall–Kier alpha value is -3.35. The van der Waals surface area contributed by atoms with Crippen LogP contribution in [0.2, 0.25) is 0 Å². The van der Waals surface area contributed by atoms with E-state index >= 15 is 0 Å². The molecule has 0 spiro atoms. The van der Waals surface area contributed by atoms with Crippen LogP contribution < -0.4 is 19.6 Å². The zero-order chi connectivity index (χ0) is 23.9. The van der Waals surface area contributed by atoms with E-state index in [0.29, 0.717) is 34.8 Å². The summed E-state index contributed by atoms with van der Waals surface area (Å²) in [5.41, 5.74) is 3.65. The van der Waals surface area contributed by atoms with Crippen LogP contribution in [0.5, 0.6) is 17.2 Å². The summed E-state index contributed by atoms with van der Waals surface area (Å²) in [5, 5.41) is 4.01. The number of hydrogen-bond donors (Lipinski definition) is 1. The van der Waals surface area contributed by atoms with Gasteiger partial charge in [-0.05, 0) is 54.4 Å². The van der Waals surface area contributed by atoms with Crippen molar-refractivity contribution >= 4 is 18.1 Å². The van der Waals surface area contributed by atoms with Gasteiger partial charge in [0.1, 0.15) is 5.75 Å². The Morgan fingerprint density at radius 3 is 2.24 bits per heavy atom. The lowest BCUT2D eigenvalue weighted by atomic mass is 10.1. The summed E-state index contributed by atoms with van der Waals surface area (Å²) in [4.78, 5) is 24.3. The smallest absolute Gasteiger partial charge is 0.343 e. The van der Waals surface area contributed by atoms with Gasteiger partial charge in [0.05, 0.1) is 26.0 Å². The molecule has 33 heavy (non-hydrogen) atoms. The molecular formula is C26H34N2O5. The SMILES string of the molecule is CCCCCCCCCC(=O)NN=Cc1ccc(OC(=O)c2ccc(OC)cc2)c(OC)c1. The highest BCUT2D eigenvalue weighted by atomic mass is 16.6. The minimum atomic E-state index is -0.505. The fourth-order valence-corrected chi connectivity index (χ4v) is 3.21. The number of amides is 1. The molecule has 0 heterocycles. The maximum atomic E-state index is 12.4. The molecule has 0 aromatic heterocycles. The van der Waals surface area contributed by atoms with Crippen molar-refractivity contribution in [2.75, 3.05) is 14.2 Å². The molecule has 0 aliphatic rings. The number of esters is 1. The number of ether oxygens (including phenoxy) is 3. The van der Waals surface area contributed by atoms with E-state index in [4.69, 9.17) is 14.2 Å². The van der Waals surface area contributed by atoms with Gasteiger partial charge < -0.3 is 14.2 Å². The van der Waals surface area contributed by atoms with Crippen molar-refractivity contribution in [1.82, 2.24) is 5.43 Å². The fraction of sp³-hybridized carbons (Fsp3) is 0.423. The van der Waals surface area contributed by atoms with Crippen molar-refractivity contribution in [2.24, 2.45) is 5.10 Å². The number of rotatable bonds is 14. The van der Waals surface area contributed by atoms with Crippen LogP contribution in [0, 0.1) is 0 Å². The first-order valence-corrected chi connectivity index (χ1v) is 11.4. The van der Waals surface area contributed by atoms with Crippen LogP contribution in [0.1, 0.15) is 74.2 Å². The van der Waals surface area contributed by atoms with E-state index in [1.807, 2.05) is 0 Å². The number of benzene rings is 2. The predicted molar refractivity (Wildman–Crippen MR) is 129 cm³/mol. The van der Waals surface area contributed by atoms with Crippen LogP contribution in [0.3, 0.4) is 0 Å². The molecule has 2 aromatic carbocycles. The van der Waals surface area contributed by atoms with Crippen LogP contribution in [0.25, 0.3) is 0 Å². The molecule has 7 heteroatoms. The molecule has 7 nitrogen and oxygen atoms in total. The number of hydrogen-bond acceptors (Lipinski definition) is 6. The van der Waals surface area contributed by atoms with Gasteiger partial charge in [0.15, 0.2) is 11.5 Å². The Balaban J connectivity index is 1.82. The maximum Gasteiger partial charge on any atom is 0.343 e. The van der Waals surface area contributed by atoms with Crippen LogP contribution >= 0.6 is 0 Å². The highest BCUT2D eigenvalue weighted by Gasteiger charge is 2.13. The zero-order valence-corrected chi connectivity index (χ0v) is 19.8. The van der Waals surface area contributed by atoms with Crippen molar-refractivity contribution in [2.45, 2.75) is 58.3 Å². The molecule has 1 N–H and O–H groups in total. The second kappa shape index (κ2) is 14.7. The van der Waals surface area contributed by atoms with Gasteiger partial charge >= 0.3 is 5.97 Å². The molecule has 0 saturated carbocycles. The number of nitrogens with one attached hydrogen (secondary N) is 1. The van der Waals surface area contributed by atoms with Gasteiger partial charge in [-0.25, -0.2) is 10.2 Å². The van der Waals surface area contributed by atoms with Crippen LogP contribution in [-0.2, 0) is 4.79 Å². The molecule has 1 amide bonds. The molecule has 0 radical (unpaired) electrons. The highest BCUT2D eigenvalue weighted by Crippen LogP contribution is 2.28. The molecule has 0 saturated heterocycles. The normalized spacial score (nSPS) is 10.8. The van der Waals surface area contributed by atoms with Gasteiger partial charge in [0, 0.05) is 6.42 Å². The number of nitrogens with zero attached hydrogens (tertiary/aromatic N) is 1. The Labute approximate surface area is 196 Å². The van der Waals surface area contributed by atoms with Gasteiger partial charge in [-0.1, -0.05) is 45.4 Å². The van der Waals surface area contributed by atoms with E-state index in [-0.39, 0.29) is 5.91 Å². The van der Waals surface area contributed by atoms with Gasteiger partial charge in [0.25, 0.3) is 0 Å². The third-order valence-corrected chi connectivity index (χ3v) is 5.13. The molecule has 2 rings (SSSR count). The predicted octanol–water partition coefficient (Wildman–Crippen LogP) is 5.51. The number of unbranched alkanes of at least 4 members (excludes halogenated alkanes) is 6. The first kappa shape index (κ1) is 25.9. The zero-order valence-electron chi connectivity index (χ0n) is 19.8. The summed E-state index contributed by atoms with van der Waals surface area (Å²) in [6.07, 6.45) is 10.1. The van der Waals surface area contributed by atoms with Gasteiger partial charge in [-0.3, -0.25) is 4.79 Å². The highest BCUT2D eigenvalue weighted by molar-refractivity contribution is 5.91. The Bertz CT molecular complexity index is 909. The molecular weight excluding hydrogens is 420 g/mol. The van der Waals surface area contributed by atoms with Crippen LogP contribution in [0.15, 0.2) is 47.6 Å². The first-order chi connectivity index (χ1) is 16.1. The third-order valence-electron chi connectivity index (χ3n) is 5.13. The molecule has 2 aromatic rings. The summed E-state index contributed by atoms with van der Waals surface area (Å²) in [7, 11) is 3.05.